The number of carbonyl (C=O) groups excluding carboxylic acids is 1. The minimum absolute atomic E-state index is 0.107. The minimum Gasteiger partial charge on any atom is -0.469 e. The van der Waals surface area contributed by atoms with Crippen molar-refractivity contribution in [2.45, 2.75) is 11.8 Å². The number of benzene rings is 1. The van der Waals surface area contributed by atoms with Gasteiger partial charge in [0.2, 0.25) is 10.0 Å². The molecule has 0 bridgehead atoms. The number of esters is 1. The Morgan fingerprint density at radius 2 is 1.75 bits per heavy atom. The Balaban J connectivity index is 1.74. The first-order chi connectivity index (χ1) is 9.45. The van der Waals surface area contributed by atoms with Gasteiger partial charge in [-0.25, -0.2) is 8.42 Å². The van der Waals surface area contributed by atoms with Gasteiger partial charge in [0.05, 0.1) is 17.9 Å². The van der Waals surface area contributed by atoms with E-state index < -0.39 is 10.0 Å². The molecule has 5 nitrogen and oxygen atoms in total. The molecular formula is C14H17NO4S. The highest BCUT2D eigenvalue weighted by molar-refractivity contribution is 7.89. The SMILES string of the molecule is COC(=O)C1[C@H]2CN(S(=O)(=O)c3ccc(C)cc3)C[C@@H]12. The summed E-state index contributed by atoms with van der Waals surface area (Å²) in [4.78, 5) is 11.8. The van der Waals surface area contributed by atoms with Gasteiger partial charge in [-0.1, -0.05) is 17.7 Å². The molecule has 0 spiro atoms. The van der Waals surface area contributed by atoms with Crippen molar-refractivity contribution in [1.29, 1.82) is 0 Å². The molecule has 108 valence electrons. The third-order valence-corrected chi connectivity index (χ3v) is 6.14. The highest BCUT2D eigenvalue weighted by Gasteiger charge is 2.62. The second-order valence-corrected chi connectivity index (χ2v) is 7.45. The number of sulfonamides is 1. The van der Waals surface area contributed by atoms with Crippen molar-refractivity contribution in [2.75, 3.05) is 20.2 Å². The van der Waals surface area contributed by atoms with Crippen LogP contribution in [-0.2, 0) is 19.6 Å². The summed E-state index contributed by atoms with van der Waals surface area (Å²) in [6, 6.07) is 6.85. The number of methoxy groups -OCH3 is 1. The number of aryl methyl sites for hydroxylation is 1. The van der Waals surface area contributed by atoms with E-state index in [1.54, 1.807) is 24.3 Å². The van der Waals surface area contributed by atoms with Gasteiger partial charge in [0, 0.05) is 13.1 Å². The fraction of sp³-hybridized carbons (Fsp3) is 0.500. The summed E-state index contributed by atoms with van der Waals surface area (Å²) < 4.78 is 31.1. The lowest BCUT2D eigenvalue weighted by molar-refractivity contribution is -0.143. The van der Waals surface area contributed by atoms with Crippen LogP contribution in [0.25, 0.3) is 0 Å². The molecule has 1 heterocycles. The third kappa shape index (κ3) is 2.03. The molecule has 2 aliphatic rings. The fourth-order valence-electron chi connectivity index (χ4n) is 3.03. The smallest absolute Gasteiger partial charge is 0.309 e. The summed E-state index contributed by atoms with van der Waals surface area (Å²) in [5.74, 6) is -0.0674. The number of nitrogens with zero attached hydrogens (tertiary/aromatic N) is 1. The Kier molecular flexibility index (Phi) is 3.10. The fourth-order valence-corrected chi connectivity index (χ4v) is 4.54. The molecule has 1 aliphatic heterocycles. The maximum atomic E-state index is 12.5. The average molecular weight is 295 g/mol. The summed E-state index contributed by atoms with van der Waals surface area (Å²) in [7, 11) is -2.06. The van der Waals surface area contributed by atoms with E-state index in [0.29, 0.717) is 18.0 Å². The van der Waals surface area contributed by atoms with E-state index >= 15 is 0 Å². The van der Waals surface area contributed by atoms with Crippen LogP contribution in [0.4, 0.5) is 0 Å². The molecule has 3 rings (SSSR count). The largest absolute Gasteiger partial charge is 0.469 e. The Morgan fingerprint density at radius 1 is 1.20 bits per heavy atom. The van der Waals surface area contributed by atoms with E-state index in [9.17, 15) is 13.2 Å². The number of carbonyl (C=O) groups is 1. The van der Waals surface area contributed by atoms with Gasteiger partial charge in [0.15, 0.2) is 0 Å². The average Bonchev–Trinajstić information content (AvgIpc) is 2.92. The second kappa shape index (κ2) is 4.56. The van der Waals surface area contributed by atoms with Crippen molar-refractivity contribution in [2.24, 2.45) is 17.8 Å². The molecule has 0 radical (unpaired) electrons. The van der Waals surface area contributed by atoms with Gasteiger partial charge in [0.1, 0.15) is 0 Å². The summed E-state index contributed by atoms with van der Waals surface area (Å²) in [6.07, 6.45) is 0. The molecule has 1 aromatic carbocycles. The Labute approximate surface area is 118 Å². The Bertz CT molecular complexity index is 626. The molecule has 0 aromatic heterocycles. The Hall–Kier alpha value is -1.40. The van der Waals surface area contributed by atoms with Crippen molar-refractivity contribution >= 4 is 16.0 Å². The number of rotatable bonds is 3. The first-order valence-electron chi connectivity index (χ1n) is 6.60. The van der Waals surface area contributed by atoms with Crippen LogP contribution >= 0.6 is 0 Å². The first kappa shape index (κ1) is 13.6. The van der Waals surface area contributed by atoms with Crippen molar-refractivity contribution in [1.82, 2.24) is 4.31 Å². The molecule has 1 aliphatic carbocycles. The van der Waals surface area contributed by atoms with Gasteiger partial charge in [-0.2, -0.15) is 4.31 Å². The predicted molar refractivity (Wildman–Crippen MR) is 72.4 cm³/mol. The number of hydrogen-bond donors (Lipinski definition) is 0. The van der Waals surface area contributed by atoms with Crippen LogP contribution in [0, 0.1) is 24.7 Å². The van der Waals surface area contributed by atoms with Crippen LogP contribution in [-0.4, -0.2) is 38.9 Å². The molecule has 1 aromatic rings. The molecule has 1 saturated heterocycles. The lowest BCUT2D eigenvalue weighted by atomic mass is 10.2. The number of fused-ring (bicyclic) bond motifs is 1. The summed E-state index contributed by atoms with van der Waals surface area (Å²) in [5.41, 5.74) is 1.03. The first-order valence-corrected chi connectivity index (χ1v) is 8.04. The van der Waals surface area contributed by atoms with Crippen molar-refractivity contribution < 1.29 is 17.9 Å². The lowest BCUT2D eigenvalue weighted by Gasteiger charge is -2.19. The zero-order chi connectivity index (χ0) is 14.5. The van der Waals surface area contributed by atoms with Crippen LogP contribution in [0.1, 0.15) is 5.56 Å². The molecule has 20 heavy (non-hydrogen) atoms. The van der Waals surface area contributed by atoms with Crippen LogP contribution < -0.4 is 0 Å². The van der Waals surface area contributed by atoms with Gasteiger partial charge < -0.3 is 4.74 Å². The molecule has 6 heteroatoms. The number of hydrogen-bond acceptors (Lipinski definition) is 4. The molecule has 0 N–H and O–H groups in total. The van der Waals surface area contributed by atoms with Gasteiger partial charge in [-0.15, -0.1) is 0 Å². The Morgan fingerprint density at radius 3 is 2.25 bits per heavy atom. The van der Waals surface area contributed by atoms with Gasteiger partial charge >= 0.3 is 5.97 Å². The van der Waals surface area contributed by atoms with Gasteiger partial charge in [0.25, 0.3) is 0 Å². The third-order valence-electron chi connectivity index (χ3n) is 4.29. The van der Waals surface area contributed by atoms with Gasteiger partial charge in [-0.05, 0) is 30.9 Å². The van der Waals surface area contributed by atoms with Crippen LogP contribution in [0.15, 0.2) is 29.2 Å². The van der Waals surface area contributed by atoms with Crippen molar-refractivity contribution in [3.05, 3.63) is 29.8 Å². The monoisotopic (exact) mass is 295 g/mol. The number of ether oxygens (including phenoxy) is 1. The normalized spacial score (nSPS) is 29.0. The summed E-state index contributed by atoms with van der Waals surface area (Å²) >= 11 is 0. The molecule has 2 fully saturated rings. The molecule has 3 atom stereocenters. The second-order valence-electron chi connectivity index (χ2n) is 5.51. The molecular weight excluding hydrogens is 278 g/mol. The van der Waals surface area contributed by atoms with E-state index in [2.05, 4.69) is 0 Å². The van der Waals surface area contributed by atoms with Crippen LogP contribution in [0.5, 0.6) is 0 Å². The highest BCUT2D eigenvalue weighted by Crippen LogP contribution is 2.53. The highest BCUT2D eigenvalue weighted by atomic mass is 32.2. The molecule has 1 saturated carbocycles. The molecule has 1 unspecified atom stereocenters. The number of piperidine rings is 1. The summed E-state index contributed by atoms with van der Waals surface area (Å²) in [5, 5.41) is 0. The zero-order valence-electron chi connectivity index (χ0n) is 11.4. The quantitative estimate of drug-likeness (QED) is 0.782. The van der Waals surface area contributed by atoms with E-state index in [1.165, 1.54) is 11.4 Å². The molecule has 0 amide bonds. The maximum Gasteiger partial charge on any atom is 0.309 e. The standard InChI is InChI=1S/C14H17NO4S/c1-9-3-5-10(6-4-9)20(17,18)15-7-11-12(8-15)13(11)14(16)19-2/h3-6,11-13H,7-8H2,1-2H3/t11-,12+,13?. The van der Waals surface area contributed by atoms with E-state index in [-0.39, 0.29) is 23.7 Å². The van der Waals surface area contributed by atoms with Crippen LogP contribution in [0.3, 0.4) is 0 Å². The van der Waals surface area contributed by atoms with Crippen LogP contribution in [0.2, 0.25) is 0 Å². The minimum atomic E-state index is -3.43. The lowest BCUT2D eigenvalue weighted by Crippen LogP contribution is -2.32. The summed E-state index contributed by atoms with van der Waals surface area (Å²) in [6.45, 7) is 2.75. The van der Waals surface area contributed by atoms with E-state index in [1.807, 2.05) is 6.92 Å². The van der Waals surface area contributed by atoms with Crippen molar-refractivity contribution in [3.63, 3.8) is 0 Å². The van der Waals surface area contributed by atoms with E-state index in [0.717, 1.165) is 5.56 Å². The predicted octanol–water partition coefficient (Wildman–Crippen LogP) is 1.03. The maximum absolute atomic E-state index is 12.5. The van der Waals surface area contributed by atoms with Gasteiger partial charge in [-0.3, -0.25) is 4.79 Å². The topological polar surface area (TPSA) is 63.7 Å². The van der Waals surface area contributed by atoms with Crippen molar-refractivity contribution in [3.8, 4) is 0 Å². The van der Waals surface area contributed by atoms with E-state index in [4.69, 9.17) is 4.74 Å². The zero-order valence-corrected chi connectivity index (χ0v) is 12.3.